The van der Waals surface area contributed by atoms with Crippen LogP contribution >= 0.6 is 11.6 Å². The molecule has 2 atom stereocenters. The molecule has 4 aromatic rings. The third-order valence-corrected chi connectivity index (χ3v) is 9.11. The predicted octanol–water partition coefficient (Wildman–Crippen LogP) is 3.18. The Labute approximate surface area is 374 Å². The minimum absolute atomic E-state index is 0.0804. The number of amides is 3. The van der Waals surface area contributed by atoms with Crippen molar-refractivity contribution in [2.75, 3.05) is 48.3 Å². The molecule has 4 rings (SSSR count). The van der Waals surface area contributed by atoms with E-state index in [9.17, 15) is 34.8 Å². The minimum Gasteiger partial charge on any atom is -0.506 e. The number of nitrogens with two attached hydrogens (primary N) is 3. The molecule has 0 saturated carbocycles. The number of phenolic OH excluding ortho intramolecular Hbond substituents is 2. The Balaban J connectivity index is 0.00000162. The highest BCUT2D eigenvalue weighted by Crippen LogP contribution is 2.29. The molecule has 0 saturated heterocycles. The standard InChI is InChI=1S/C38H47ClN10O7.2C2H4O2/c39-34-36(41)47-35(40)33(46-34)37(56)48-38(42)43-15-3-1-5-23-7-9-24(10-8-23)6-2-4-16-49(19-31(54)25-11-13-29(52)27(17-25)44-21-50)20-32(55)26-12-14-30(53)28(18-26)45-22-51;2*1-2(3)4/h7-14,17-18,21-22,31-32,52-55H,1-6,15-16,19-20H2,(H,44,50)(H,45,51)(H4,40,41,47)(H3,42,43,48,56);2*1H3,(H,3,4). The molecule has 3 amide bonds. The highest BCUT2D eigenvalue weighted by Gasteiger charge is 2.20. The van der Waals surface area contributed by atoms with Crippen molar-refractivity contribution in [3.63, 3.8) is 0 Å². The third-order valence-electron chi connectivity index (χ3n) is 8.83. The lowest BCUT2D eigenvalue weighted by atomic mass is 10.0. The van der Waals surface area contributed by atoms with Gasteiger partial charge in [-0.25, -0.2) is 9.97 Å². The van der Waals surface area contributed by atoms with Crippen LogP contribution in [0.4, 0.5) is 23.0 Å². The Morgan fingerprint density at radius 1 is 0.750 bits per heavy atom. The average Bonchev–Trinajstić information content (AvgIpc) is 3.22. The number of unbranched alkanes of at least 4 members (excludes halogenated alkanes) is 2. The van der Waals surface area contributed by atoms with E-state index < -0.39 is 30.1 Å². The molecule has 1 heterocycles. The molecule has 0 bridgehead atoms. The lowest BCUT2D eigenvalue weighted by Gasteiger charge is -2.28. The maximum atomic E-state index is 12.4. The van der Waals surface area contributed by atoms with Crippen molar-refractivity contribution in [3.8, 4) is 11.5 Å². The molecule has 0 radical (unpaired) electrons. The van der Waals surface area contributed by atoms with Crippen LogP contribution in [0.25, 0.3) is 0 Å². The Morgan fingerprint density at radius 3 is 1.66 bits per heavy atom. The van der Waals surface area contributed by atoms with E-state index in [4.69, 9.17) is 48.6 Å². The number of carbonyl (C=O) groups excluding carboxylic acids is 3. The molecule has 22 heteroatoms. The van der Waals surface area contributed by atoms with Crippen LogP contribution < -0.4 is 33.2 Å². The summed E-state index contributed by atoms with van der Waals surface area (Å²) >= 11 is 5.83. The van der Waals surface area contributed by atoms with Gasteiger partial charge in [0.25, 0.3) is 17.8 Å². The summed E-state index contributed by atoms with van der Waals surface area (Å²) in [6.07, 6.45) is 3.68. The molecule has 0 aliphatic rings. The van der Waals surface area contributed by atoms with Crippen molar-refractivity contribution in [1.82, 2.24) is 20.2 Å². The van der Waals surface area contributed by atoms with E-state index >= 15 is 0 Å². The third kappa shape index (κ3) is 19.8. The number of nitrogens with one attached hydrogen (secondary N) is 3. The topological polar surface area (TPSA) is 362 Å². The zero-order chi connectivity index (χ0) is 47.8. The number of hydrogen-bond donors (Lipinski definition) is 12. The maximum absolute atomic E-state index is 12.4. The number of nitrogen functional groups attached to an aromatic ring is 2. The molecule has 346 valence electrons. The molecule has 3 aromatic carbocycles. The van der Waals surface area contributed by atoms with Gasteiger partial charge in [0, 0.05) is 33.5 Å². The number of anilines is 4. The van der Waals surface area contributed by atoms with Crippen LogP contribution in [0.5, 0.6) is 11.5 Å². The van der Waals surface area contributed by atoms with Crippen molar-refractivity contribution in [2.24, 2.45) is 10.7 Å². The van der Waals surface area contributed by atoms with Crippen LogP contribution in [-0.4, -0.2) is 108 Å². The molecule has 0 aliphatic heterocycles. The van der Waals surface area contributed by atoms with Crippen LogP contribution in [0, 0.1) is 0 Å². The Bertz CT molecular complexity index is 2110. The minimum atomic E-state index is -1.00. The number of nitrogens with zero attached hydrogens (tertiary/aromatic N) is 4. The number of aryl methyl sites for hydroxylation is 2. The van der Waals surface area contributed by atoms with E-state index in [1.807, 2.05) is 4.90 Å². The number of aromatic hydroxyl groups is 2. The fourth-order valence-corrected chi connectivity index (χ4v) is 5.97. The lowest BCUT2D eigenvalue weighted by Crippen LogP contribution is -2.38. The van der Waals surface area contributed by atoms with Gasteiger partial charge in [-0.3, -0.25) is 39.2 Å². The monoisotopic (exact) mass is 910 g/mol. The number of hydrogen-bond acceptors (Lipinski definition) is 15. The number of carboxylic acid groups (broad SMARTS) is 2. The number of carbonyl (C=O) groups is 5. The normalized spacial score (nSPS) is 11.8. The van der Waals surface area contributed by atoms with Crippen molar-refractivity contribution < 1.29 is 54.6 Å². The highest BCUT2D eigenvalue weighted by molar-refractivity contribution is 6.31. The summed E-state index contributed by atoms with van der Waals surface area (Å²) in [6.45, 7) is 3.39. The van der Waals surface area contributed by atoms with E-state index in [0.29, 0.717) is 37.0 Å². The van der Waals surface area contributed by atoms with Crippen LogP contribution in [0.2, 0.25) is 5.15 Å². The number of aromatic nitrogens is 2. The first-order valence-corrected chi connectivity index (χ1v) is 20.0. The van der Waals surface area contributed by atoms with Crippen molar-refractivity contribution in [1.29, 1.82) is 0 Å². The van der Waals surface area contributed by atoms with E-state index in [1.165, 1.54) is 35.4 Å². The molecule has 0 spiro atoms. The lowest BCUT2D eigenvalue weighted by molar-refractivity contribution is -0.135. The van der Waals surface area contributed by atoms with Gasteiger partial charge < -0.3 is 58.5 Å². The van der Waals surface area contributed by atoms with Gasteiger partial charge in [-0.2, -0.15) is 0 Å². The number of guanidine groups is 1. The summed E-state index contributed by atoms with van der Waals surface area (Å²) in [5, 5.41) is 64.3. The van der Waals surface area contributed by atoms with Gasteiger partial charge in [0.1, 0.15) is 11.5 Å². The number of halogens is 1. The largest absolute Gasteiger partial charge is 0.506 e. The number of aliphatic hydroxyl groups excluding tert-OH is 2. The van der Waals surface area contributed by atoms with E-state index in [0.717, 1.165) is 52.4 Å². The fraction of sp³-hybridized carbons (Fsp3) is 0.333. The summed E-state index contributed by atoms with van der Waals surface area (Å²) in [5.74, 6) is -2.98. The van der Waals surface area contributed by atoms with Gasteiger partial charge in [-0.1, -0.05) is 48.0 Å². The summed E-state index contributed by atoms with van der Waals surface area (Å²) in [7, 11) is 0. The number of aliphatic hydroxyl groups is 2. The Morgan fingerprint density at radius 2 is 1.20 bits per heavy atom. The first-order chi connectivity index (χ1) is 30.3. The molecule has 0 fully saturated rings. The van der Waals surface area contributed by atoms with Gasteiger partial charge in [0.05, 0.1) is 23.6 Å². The molecular formula is C42H55ClN10O11. The van der Waals surface area contributed by atoms with Crippen molar-refractivity contribution in [2.45, 2.75) is 64.6 Å². The molecule has 0 aliphatic carbocycles. The summed E-state index contributed by atoms with van der Waals surface area (Å²) in [5.41, 5.74) is 20.5. The molecule has 2 unspecified atom stereocenters. The molecule has 15 N–H and O–H groups in total. The van der Waals surface area contributed by atoms with Crippen LogP contribution in [0.3, 0.4) is 0 Å². The van der Waals surface area contributed by atoms with Gasteiger partial charge in [-0.15, -0.1) is 0 Å². The molecule has 64 heavy (non-hydrogen) atoms. The van der Waals surface area contributed by atoms with Crippen LogP contribution in [0.15, 0.2) is 65.7 Å². The summed E-state index contributed by atoms with van der Waals surface area (Å²) in [4.78, 5) is 66.0. The van der Waals surface area contributed by atoms with E-state index in [2.05, 4.69) is 55.2 Å². The summed E-state index contributed by atoms with van der Waals surface area (Å²) in [6, 6.07) is 17.2. The smallest absolute Gasteiger partial charge is 0.300 e. The van der Waals surface area contributed by atoms with Gasteiger partial charge in [-0.05, 0) is 91.6 Å². The number of rotatable bonds is 21. The first-order valence-electron chi connectivity index (χ1n) is 19.7. The second kappa shape index (κ2) is 27.8. The average molecular weight is 911 g/mol. The maximum Gasteiger partial charge on any atom is 0.300 e. The fourth-order valence-electron chi connectivity index (χ4n) is 5.84. The molecule has 1 aromatic heterocycles. The molecular weight excluding hydrogens is 856 g/mol. The van der Waals surface area contributed by atoms with Crippen molar-refractivity contribution in [3.05, 3.63) is 93.8 Å². The number of aliphatic imine (C=N–C) groups is 1. The highest BCUT2D eigenvalue weighted by atomic mass is 35.5. The number of aliphatic carboxylic acids is 2. The second-order valence-corrected chi connectivity index (χ2v) is 14.4. The Kier molecular flexibility index (Phi) is 23.0. The zero-order valence-electron chi connectivity index (χ0n) is 35.3. The van der Waals surface area contributed by atoms with Gasteiger partial charge in [0.15, 0.2) is 28.4 Å². The predicted molar refractivity (Wildman–Crippen MR) is 241 cm³/mol. The van der Waals surface area contributed by atoms with Crippen LogP contribution in [0.1, 0.15) is 84.5 Å². The SMILES string of the molecule is CC(=O)O.CC(=O)O.NC(=NCCCCc1ccc(CCCCN(CC(O)c2ccc(O)c(NC=O)c2)CC(O)c2ccc(O)c(NC=O)c2)cc1)NC(=O)c1nc(Cl)c(N)nc1N. The quantitative estimate of drug-likeness (QED) is 0.0188. The number of phenols is 2. The first kappa shape index (κ1) is 53.1. The van der Waals surface area contributed by atoms with Gasteiger partial charge >= 0.3 is 0 Å². The van der Waals surface area contributed by atoms with Crippen LogP contribution in [-0.2, 0) is 32.0 Å². The van der Waals surface area contributed by atoms with E-state index in [-0.39, 0.29) is 64.4 Å². The second-order valence-electron chi connectivity index (χ2n) is 14.0. The zero-order valence-corrected chi connectivity index (χ0v) is 36.0. The Hall–Kier alpha value is -7.07. The van der Waals surface area contributed by atoms with Crippen molar-refractivity contribution >= 4 is 71.2 Å². The number of benzene rings is 3. The summed E-state index contributed by atoms with van der Waals surface area (Å²) < 4.78 is 0. The van der Waals surface area contributed by atoms with E-state index in [1.54, 1.807) is 12.1 Å². The molecule has 21 nitrogen and oxygen atoms in total. The number of carboxylic acids is 2. The van der Waals surface area contributed by atoms with Gasteiger partial charge in [0.2, 0.25) is 12.8 Å².